The molecule has 174 valence electrons. The standard InChI is InChI=1S/C23H26N4O5S/c1-17-10-11-24-27(17)19-6-4-18(5-7-19)23(28)25-12-14-26(15-13-25)33(29,30)22-16-20(31-2)8-9-21(22)32-3/h4-11,16H,12-15H2,1-3H3. The largest absolute Gasteiger partial charge is 0.497 e. The van der Waals surface area contributed by atoms with E-state index >= 15 is 0 Å². The Morgan fingerprint density at radius 3 is 2.21 bits per heavy atom. The molecule has 0 N–H and O–H groups in total. The summed E-state index contributed by atoms with van der Waals surface area (Å²) in [5, 5.41) is 4.27. The number of hydrogen-bond acceptors (Lipinski definition) is 6. The van der Waals surface area contributed by atoms with E-state index in [1.165, 1.54) is 24.6 Å². The third kappa shape index (κ3) is 4.44. The van der Waals surface area contributed by atoms with Gasteiger partial charge in [-0.2, -0.15) is 9.40 Å². The number of methoxy groups -OCH3 is 2. The SMILES string of the molecule is COc1ccc(OC)c(S(=O)(=O)N2CCN(C(=O)c3ccc(-n4nccc4C)cc3)CC2)c1. The maximum absolute atomic E-state index is 13.2. The average Bonchev–Trinajstić information content (AvgIpc) is 3.29. The highest BCUT2D eigenvalue weighted by Crippen LogP contribution is 2.31. The number of ether oxygens (including phenoxy) is 2. The van der Waals surface area contributed by atoms with Crippen LogP contribution in [0.3, 0.4) is 0 Å². The van der Waals surface area contributed by atoms with E-state index in [2.05, 4.69) is 5.10 Å². The smallest absolute Gasteiger partial charge is 0.253 e. The second-order valence-electron chi connectivity index (χ2n) is 7.64. The molecule has 1 amide bonds. The quantitative estimate of drug-likeness (QED) is 0.549. The summed E-state index contributed by atoms with van der Waals surface area (Å²) in [4.78, 5) is 14.7. The fourth-order valence-electron chi connectivity index (χ4n) is 3.82. The number of nitrogens with zero attached hydrogens (tertiary/aromatic N) is 4. The predicted octanol–water partition coefficient (Wildman–Crippen LogP) is 2.34. The molecular weight excluding hydrogens is 444 g/mol. The number of amides is 1. The number of carbonyl (C=O) groups is 1. The van der Waals surface area contributed by atoms with Gasteiger partial charge in [0.15, 0.2) is 0 Å². The molecule has 2 heterocycles. The molecule has 0 aliphatic carbocycles. The first-order valence-corrected chi connectivity index (χ1v) is 11.9. The molecule has 0 atom stereocenters. The molecule has 0 saturated carbocycles. The summed E-state index contributed by atoms with van der Waals surface area (Å²) in [5.74, 6) is 0.550. The molecule has 4 rings (SSSR count). The van der Waals surface area contributed by atoms with E-state index in [1.54, 1.807) is 40.0 Å². The molecule has 33 heavy (non-hydrogen) atoms. The van der Waals surface area contributed by atoms with Crippen molar-refractivity contribution in [3.8, 4) is 17.2 Å². The monoisotopic (exact) mass is 470 g/mol. The number of piperazine rings is 1. The molecule has 1 fully saturated rings. The van der Waals surface area contributed by atoms with Crippen LogP contribution < -0.4 is 9.47 Å². The Morgan fingerprint density at radius 1 is 0.939 bits per heavy atom. The third-order valence-electron chi connectivity index (χ3n) is 5.71. The lowest BCUT2D eigenvalue weighted by Crippen LogP contribution is -2.50. The lowest BCUT2D eigenvalue weighted by atomic mass is 10.1. The van der Waals surface area contributed by atoms with E-state index in [4.69, 9.17) is 9.47 Å². The van der Waals surface area contributed by atoms with E-state index in [0.29, 0.717) is 24.4 Å². The summed E-state index contributed by atoms with van der Waals surface area (Å²) in [6.07, 6.45) is 1.73. The van der Waals surface area contributed by atoms with Crippen LogP contribution in [0.5, 0.6) is 11.5 Å². The van der Waals surface area contributed by atoms with Gasteiger partial charge in [-0.25, -0.2) is 13.1 Å². The highest BCUT2D eigenvalue weighted by atomic mass is 32.2. The number of aromatic nitrogens is 2. The van der Waals surface area contributed by atoms with E-state index in [0.717, 1.165) is 11.4 Å². The second kappa shape index (κ2) is 9.24. The van der Waals surface area contributed by atoms with Crippen LogP contribution in [0.4, 0.5) is 0 Å². The van der Waals surface area contributed by atoms with Crippen molar-refractivity contribution in [1.82, 2.24) is 19.0 Å². The topological polar surface area (TPSA) is 94.0 Å². The molecule has 2 aromatic carbocycles. The Labute approximate surface area is 193 Å². The van der Waals surface area contributed by atoms with Crippen molar-refractivity contribution >= 4 is 15.9 Å². The third-order valence-corrected chi connectivity index (χ3v) is 7.63. The van der Waals surface area contributed by atoms with Crippen LogP contribution >= 0.6 is 0 Å². The molecule has 1 aliphatic rings. The summed E-state index contributed by atoms with van der Waals surface area (Å²) in [7, 11) is -0.901. The van der Waals surface area contributed by atoms with Gasteiger partial charge in [-0.15, -0.1) is 0 Å². The van der Waals surface area contributed by atoms with Gasteiger partial charge in [0, 0.05) is 49.7 Å². The highest BCUT2D eigenvalue weighted by molar-refractivity contribution is 7.89. The molecular formula is C23H26N4O5S. The van der Waals surface area contributed by atoms with Crippen molar-refractivity contribution in [2.45, 2.75) is 11.8 Å². The molecule has 0 bridgehead atoms. The second-order valence-corrected chi connectivity index (χ2v) is 9.55. The molecule has 0 radical (unpaired) electrons. The zero-order chi connectivity index (χ0) is 23.6. The van der Waals surface area contributed by atoms with Crippen molar-refractivity contribution in [2.75, 3.05) is 40.4 Å². The number of carbonyl (C=O) groups excluding carboxylic acids is 1. The van der Waals surface area contributed by atoms with Gasteiger partial charge in [-0.05, 0) is 49.4 Å². The van der Waals surface area contributed by atoms with Crippen molar-refractivity contribution in [2.24, 2.45) is 0 Å². The van der Waals surface area contributed by atoms with E-state index in [1.807, 2.05) is 25.1 Å². The fraction of sp³-hybridized carbons (Fsp3) is 0.304. The van der Waals surface area contributed by atoms with Gasteiger partial charge in [0.2, 0.25) is 10.0 Å². The molecule has 9 nitrogen and oxygen atoms in total. The number of aryl methyl sites for hydroxylation is 1. The minimum absolute atomic E-state index is 0.0497. The van der Waals surface area contributed by atoms with Gasteiger partial charge in [-0.1, -0.05) is 0 Å². The molecule has 3 aromatic rings. The minimum atomic E-state index is -3.81. The Balaban J connectivity index is 1.45. The van der Waals surface area contributed by atoms with Gasteiger partial charge in [0.1, 0.15) is 16.4 Å². The highest BCUT2D eigenvalue weighted by Gasteiger charge is 2.32. The van der Waals surface area contributed by atoms with Crippen LogP contribution in [0.15, 0.2) is 59.6 Å². The predicted molar refractivity (Wildman–Crippen MR) is 123 cm³/mol. The first kappa shape index (κ1) is 22.8. The minimum Gasteiger partial charge on any atom is -0.497 e. The van der Waals surface area contributed by atoms with Crippen LogP contribution in [0.2, 0.25) is 0 Å². The number of sulfonamides is 1. The van der Waals surface area contributed by atoms with Gasteiger partial charge in [0.25, 0.3) is 5.91 Å². The molecule has 0 spiro atoms. The average molecular weight is 471 g/mol. The van der Waals surface area contributed by atoms with Crippen LogP contribution in [0, 0.1) is 6.92 Å². The van der Waals surface area contributed by atoms with Crippen LogP contribution in [-0.4, -0.2) is 73.7 Å². The van der Waals surface area contributed by atoms with Crippen LogP contribution in [0.25, 0.3) is 5.69 Å². The lowest BCUT2D eigenvalue weighted by Gasteiger charge is -2.34. The maximum Gasteiger partial charge on any atom is 0.253 e. The number of benzene rings is 2. The molecule has 10 heteroatoms. The Hall–Kier alpha value is -3.37. The van der Waals surface area contributed by atoms with Gasteiger partial charge in [0.05, 0.1) is 19.9 Å². The van der Waals surface area contributed by atoms with Crippen LogP contribution in [-0.2, 0) is 10.0 Å². The summed E-state index contributed by atoms with van der Waals surface area (Å²) in [6, 6.07) is 13.8. The summed E-state index contributed by atoms with van der Waals surface area (Å²) in [5.41, 5.74) is 2.42. The normalized spacial score (nSPS) is 14.8. The Kier molecular flexibility index (Phi) is 6.39. The van der Waals surface area contributed by atoms with Crippen LogP contribution in [0.1, 0.15) is 16.1 Å². The summed E-state index contributed by atoms with van der Waals surface area (Å²) >= 11 is 0. The number of rotatable bonds is 6. The van der Waals surface area contributed by atoms with E-state index in [-0.39, 0.29) is 29.6 Å². The number of hydrogen-bond donors (Lipinski definition) is 0. The Morgan fingerprint density at radius 2 is 1.64 bits per heavy atom. The zero-order valence-corrected chi connectivity index (χ0v) is 19.6. The van der Waals surface area contributed by atoms with Crippen molar-refractivity contribution in [3.05, 3.63) is 66.0 Å². The molecule has 1 aliphatic heterocycles. The molecule has 1 saturated heterocycles. The lowest BCUT2D eigenvalue weighted by molar-refractivity contribution is 0.0698. The van der Waals surface area contributed by atoms with Gasteiger partial charge in [-0.3, -0.25) is 4.79 Å². The van der Waals surface area contributed by atoms with Crippen molar-refractivity contribution in [1.29, 1.82) is 0 Å². The molecule has 0 unspecified atom stereocenters. The zero-order valence-electron chi connectivity index (χ0n) is 18.8. The first-order chi connectivity index (χ1) is 15.8. The first-order valence-electron chi connectivity index (χ1n) is 10.5. The molecule has 1 aromatic heterocycles. The van der Waals surface area contributed by atoms with Crippen molar-refractivity contribution < 1.29 is 22.7 Å². The summed E-state index contributed by atoms with van der Waals surface area (Å²) < 4.78 is 40.1. The summed E-state index contributed by atoms with van der Waals surface area (Å²) in [6.45, 7) is 2.94. The maximum atomic E-state index is 13.2. The Bertz CT molecular complexity index is 1250. The van der Waals surface area contributed by atoms with Gasteiger partial charge >= 0.3 is 0 Å². The van der Waals surface area contributed by atoms with E-state index < -0.39 is 10.0 Å². The van der Waals surface area contributed by atoms with Gasteiger partial charge < -0.3 is 14.4 Å². The fourth-order valence-corrected chi connectivity index (χ4v) is 5.42. The van der Waals surface area contributed by atoms with E-state index in [9.17, 15) is 13.2 Å². The van der Waals surface area contributed by atoms with Crippen molar-refractivity contribution in [3.63, 3.8) is 0 Å².